The second-order valence-electron chi connectivity index (χ2n) is 2.85. The topological polar surface area (TPSA) is 52.0 Å². The molecule has 1 aromatic rings. The highest BCUT2D eigenvalue weighted by Crippen LogP contribution is 2.25. The number of halogens is 1. The van der Waals surface area contributed by atoms with Gasteiger partial charge in [0.1, 0.15) is 5.82 Å². The predicted molar refractivity (Wildman–Crippen MR) is 55.2 cm³/mol. The quantitative estimate of drug-likeness (QED) is 0.578. The van der Waals surface area contributed by atoms with E-state index in [9.17, 15) is 4.39 Å². The van der Waals surface area contributed by atoms with Crippen molar-refractivity contribution in [3.05, 3.63) is 24.0 Å². The largest absolute Gasteiger partial charge is 0.396 e. The Morgan fingerprint density at radius 3 is 2.77 bits per heavy atom. The van der Waals surface area contributed by atoms with Gasteiger partial charge in [0.25, 0.3) is 0 Å². The summed E-state index contributed by atoms with van der Waals surface area (Å²) in [6.45, 7) is 2.58. The van der Waals surface area contributed by atoms with Gasteiger partial charge >= 0.3 is 0 Å². The minimum Gasteiger partial charge on any atom is -0.396 e. The fourth-order valence-electron chi connectivity index (χ4n) is 0.862. The Labute approximate surface area is 81.5 Å². The fraction of sp³-hybridized carbons (Fsp3) is 0.333. The van der Waals surface area contributed by atoms with Crippen LogP contribution in [0.5, 0.6) is 0 Å². The summed E-state index contributed by atoms with van der Waals surface area (Å²) < 4.78 is 13.0. The summed E-state index contributed by atoms with van der Waals surface area (Å²) in [7, 11) is 0. The monoisotopic (exact) mass is 200 g/mol. The van der Waals surface area contributed by atoms with Crippen LogP contribution in [-0.2, 0) is 0 Å². The molecule has 1 aromatic carbocycles. The molecule has 0 saturated heterocycles. The third-order valence-corrected chi connectivity index (χ3v) is 2.76. The highest BCUT2D eigenvalue weighted by molar-refractivity contribution is 8.00. The molecule has 1 unspecified atom stereocenters. The molecule has 4 heteroatoms. The van der Waals surface area contributed by atoms with E-state index in [0.29, 0.717) is 11.8 Å². The molecule has 1 rings (SSSR count). The molecular formula is C9H13FN2S. The van der Waals surface area contributed by atoms with E-state index in [4.69, 9.17) is 11.5 Å². The zero-order chi connectivity index (χ0) is 9.84. The minimum absolute atomic E-state index is 0.185. The van der Waals surface area contributed by atoms with E-state index in [0.717, 1.165) is 4.90 Å². The molecule has 0 amide bonds. The van der Waals surface area contributed by atoms with E-state index in [-0.39, 0.29) is 11.5 Å². The first-order chi connectivity index (χ1) is 6.13. The van der Waals surface area contributed by atoms with Crippen molar-refractivity contribution < 1.29 is 4.39 Å². The van der Waals surface area contributed by atoms with E-state index in [1.165, 1.54) is 6.07 Å². The number of nitrogen functional groups attached to an aromatic ring is 1. The van der Waals surface area contributed by atoms with Gasteiger partial charge in [-0.15, -0.1) is 11.8 Å². The molecule has 0 saturated carbocycles. The van der Waals surface area contributed by atoms with E-state index in [2.05, 4.69) is 0 Å². The first kappa shape index (κ1) is 10.3. The number of hydrogen-bond acceptors (Lipinski definition) is 3. The first-order valence-electron chi connectivity index (χ1n) is 4.05. The molecule has 0 aliphatic rings. The number of nitrogens with two attached hydrogens (primary N) is 2. The number of thioether (sulfide) groups is 1. The first-order valence-corrected chi connectivity index (χ1v) is 4.93. The van der Waals surface area contributed by atoms with Gasteiger partial charge in [-0.05, 0) is 18.2 Å². The van der Waals surface area contributed by atoms with Gasteiger partial charge in [0, 0.05) is 16.7 Å². The molecule has 13 heavy (non-hydrogen) atoms. The highest BCUT2D eigenvalue weighted by Gasteiger charge is 2.04. The van der Waals surface area contributed by atoms with Crippen LogP contribution in [0.4, 0.5) is 10.1 Å². The summed E-state index contributed by atoms with van der Waals surface area (Å²) in [5.41, 5.74) is 11.0. The third-order valence-electron chi connectivity index (χ3n) is 1.64. The van der Waals surface area contributed by atoms with Crippen molar-refractivity contribution in [1.29, 1.82) is 0 Å². The molecule has 0 bridgehead atoms. The number of anilines is 1. The normalized spacial score (nSPS) is 12.8. The average molecular weight is 200 g/mol. The van der Waals surface area contributed by atoms with Gasteiger partial charge in [-0.2, -0.15) is 0 Å². The fourth-order valence-corrected chi connectivity index (χ4v) is 1.74. The van der Waals surface area contributed by atoms with E-state index in [1.54, 1.807) is 23.9 Å². The average Bonchev–Trinajstić information content (AvgIpc) is 2.11. The van der Waals surface area contributed by atoms with E-state index < -0.39 is 0 Å². The van der Waals surface area contributed by atoms with Gasteiger partial charge in [0.05, 0.1) is 5.69 Å². The Morgan fingerprint density at radius 1 is 1.54 bits per heavy atom. The minimum atomic E-state index is -0.366. The molecule has 0 fully saturated rings. The lowest BCUT2D eigenvalue weighted by Gasteiger charge is -2.08. The van der Waals surface area contributed by atoms with Crippen LogP contribution in [0.25, 0.3) is 0 Å². The van der Waals surface area contributed by atoms with E-state index >= 15 is 0 Å². The SMILES string of the molecule is CC(CN)Sc1ccc(N)c(F)c1. The molecule has 0 heterocycles. The second-order valence-corrected chi connectivity index (χ2v) is 4.36. The van der Waals surface area contributed by atoms with Crippen LogP contribution in [0.1, 0.15) is 6.92 Å². The smallest absolute Gasteiger partial charge is 0.147 e. The number of rotatable bonds is 3. The van der Waals surface area contributed by atoms with Crippen LogP contribution in [-0.4, -0.2) is 11.8 Å². The molecule has 2 nitrogen and oxygen atoms in total. The van der Waals surface area contributed by atoms with Gasteiger partial charge in [-0.3, -0.25) is 0 Å². The van der Waals surface area contributed by atoms with Crippen LogP contribution in [0.3, 0.4) is 0 Å². The van der Waals surface area contributed by atoms with Crippen molar-refractivity contribution in [1.82, 2.24) is 0 Å². The maximum Gasteiger partial charge on any atom is 0.147 e. The maximum absolute atomic E-state index is 13.0. The second kappa shape index (κ2) is 4.48. The zero-order valence-electron chi connectivity index (χ0n) is 7.46. The Balaban J connectivity index is 2.73. The van der Waals surface area contributed by atoms with Crippen molar-refractivity contribution in [2.24, 2.45) is 5.73 Å². The molecule has 72 valence electrons. The van der Waals surface area contributed by atoms with Crippen molar-refractivity contribution >= 4 is 17.4 Å². The van der Waals surface area contributed by atoms with E-state index in [1.807, 2.05) is 6.92 Å². The lowest BCUT2D eigenvalue weighted by atomic mass is 10.3. The summed E-state index contributed by atoms with van der Waals surface area (Å²) in [6.07, 6.45) is 0. The van der Waals surface area contributed by atoms with Gasteiger partial charge in [-0.25, -0.2) is 4.39 Å². The lowest BCUT2D eigenvalue weighted by molar-refractivity contribution is 0.629. The molecule has 4 N–H and O–H groups in total. The maximum atomic E-state index is 13.0. The van der Waals surface area contributed by atoms with Gasteiger partial charge in [0.15, 0.2) is 0 Å². The van der Waals surface area contributed by atoms with Crippen LogP contribution < -0.4 is 11.5 Å². The van der Waals surface area contributed by atoms with Gasteiger partial charge < -0.3 is 11.5 Å². The Bertz CT molecular complexity index is 291. The lowest BCUT2D eigenvalue weighted by Crippen LogP contribution is -2.12. The van der Waals surface area contributed by atoms with Crippen LogP contribution in [0, 0.1) is 5.82 Å². The number of hydrogen-bond donors (Lipinski definition) is 2. The molecule has 0 aliphatic heterocycles. The van der Waals surface area contributed by atoms with Gasteiger partial charge in [0.2, 0.25) is 0 Å². The Kier molecular flexibility index (Phi) is 3.57. The molecule has 1 atom stereocenters. The van der Waals surface area contributed by atoms with Crippen LogP contribution >= 0.6 is 11.8 Å². The highest BCUT2D eigenvalue weighted by atomic mass is 32.2. The van der Waals surface area contributed by atoms with Crippen LogP contribution in [0.15, 0.2) is 23.1 Å². The summed E-state index contributed by atoms with van der Waals surface area (Å²) >= 11 is 1.55. The molecule has 0 spiro atoms. The van der Waals surface area contributed by atoms with Crippen molar-refractivity contribution in [3.63, 3.8) is 0 Å². The van der Waals surface area contributed by atoms with Crippen molar-refractivity contribution in [2.45, 2.75) is 17.1 Å². The number of benzene rings is 1. The van der Waals surface area contributed by atoms with Crippen molar-refractivity contribution in [3.8, 4) is 0 Å². The molecule has 0 radical (unpaired) electrons. The Hall–Kier alpha value is -0.740. The summed E-state index contributed by atoms with van der Waals surface area (Å²) in [5, 5.41) is 0.294. The molecule has 0 aliphatic carbocycles. The third kappa shape index (κ3) is 2.90. The van der Waals surface area contributed by atoms with Gasteiger partial charge in [-0.1, -0.05) is 6.92 Å². The standard InChI is InChI=1S/C9H13FN2S/c1-6(5-11)13-7-2-3-9(12)8(10)4-7/h2-4,6H,5,11-12H2,1H3. The zero-order valence-corrected chi connectivity index (χ0v) is 8.27. The summed E-state index contributed by atoms with van der Waals surface area (Å²) in [4.78, 5) is 0.865. The summed E-state index contributed by atoms with van der Waals surface area (Å²) in [5.74, 6) is -0.366. The summed E-state index contributed by atoms with van der Waals surface area (Å²) in [6, 6.07) is 4.81. The predicted octanol–water partition coefficient (Wildman–Crippen LogP) is 1.85. The Morgan fingerprint density at radius 2 is 2.23 bits per heavy atom. The molecule has 0 aromatic heterocycles. The van der Waals surface area contributed by atoms with Crippen LogP contribution in [0.2, 0.25) is 0 Å². The molecular weight excluding hydrogens is 187 g/mol. The van der Waals surface area contributed by atoms with Crippen molar-refractivity contribution in [2.75, 3.05) is 12.3 Å².